The number of rotatable bonds is 4. The molecular formula is C13H16O9. The lowest BCUT2D eigenvalue weighted by atomic mass is 9.99. The van der Waals surface area contributed by atoms with Crippen molar-refractivity contribution in [1.82, 2.24) is 0 Å². The number of carbonyl (C=O) groups is 1. The van der Waals surface area contributed by atoms with Gasteiger partial charge in [0.1, 0.15) is 41.5 Å². The topological polar surface area (TPSA) is 157 Å². The lowest BCUT2D eigenvalue weighted by Crippen LogP contribution is -2.60. The van der Waals surface area contributed by atoms with Gasteiger partial charge in [-0.05, 0) is 18.2 Å². The van der Waals surface area contributed by atoms with E-state index in [-0.39, 0.29) is 5.75 Å². The van der Waals surface area contributed by atoms with Crippen LogP contribution < -0.4 is 4.74 Å². The Hall–Kier alpha value is -1.91. The zero-order valence-corrected chi connectivity index (χ0v) is 11.2. The van der Waals surface area contributed by atoms with Crippen molar-refractivity contribution in [3.63, 3.8) is 0 Å². The van der Waals surface area contributed by atoms with E-state index in [1.54, 1.807) is 0 Å². The van der Waals surface area contributed by atoms with Gasteiger partial charge in [-0.1, -0.05) is 0 Å². The molecule has 1 aromatic carbocycles. The molecule has 0 spiro atoms. The second-order valence-electron chi connectivity index (χ2n) is 4.80. The summed E-state index contributed by atoms with van der Waals surface area (Å²) in [6.07, 6.45) is -7.30. The van der Waals surface area contributed by atoms with Crippen molar-refractivity contribution >= 4 is 5.97 Å². The van der Waals surface area contributed by atoms with Crippen LogP contribution in [0.4, 0.5) is 0 Å². The van der Waals surface area contributed by atoms with Crippen LogP contribution in [0.5, 0.6) is 11.5 Å². The Morgan fingerprint density at radius 3 is 2.45 bits per heavy atom. The van der Waals surface area contributed by atoms with Gasteiger partial charge in [-0.15, -0.1) is 0 Å². The highest BCUT2D eigenvalue weighted by Crippen LogP contribution is 2.27. The molecule has 1 fully saturated rings. The van der Waals surface area contributed by atoms with Crippen LogP contribution in [0.1, 0.15) is 10.4 Å². The minimum atomic E-state index is -1.61. The van der Waals surface area contributed by atoms with Crippen molar-refractivity contribution in [2.24, 2.45) is 0 Å². The third-order valence-electron chi connectivity index (χ3n) is 3.30. The number of aromatic carboxylic acids is 1. The van der Waals surface area contributed by atoms with Gasteiger partial charge in [0.15, 0.2) is 0 Å². The van der Waals surface area contributed by atoms with E-state index in [1.165, 1.54) is 6.07 Å². The summed E-state index contributed by atoms with van der Waals surface area (Å²) in [5, 5.41) is 56.4. The number of carboxylic acids is 1. The molecule has 0 radical (unpaired) electrons. The maximum Gasteiger partial charge on any atom is 0.339 e. The fourth-order valence-electron chi connectivity index (χ4n) is 2.06. The summed E-state index contributed by atoms with van der Waals surface area (Å²) in [6, 6.07) is 3.34. The van der Waals surface area contributed by atoms with E-state index < -0.39 is 54.6 Å². The van der Waals surface area contributed by atoms with Gasteiger partial charge in [0.05, 0.1) is 6.61 Å². The van der Waals surface area contributed by atoms with E-state index >= 15 is 0 Å². The van der Waals surface area contributed by atoms with Gasteiger partial charge in [0, 0.05) is 0 Å². The van der Waals surface area contributed by atoms with Gasteiger partial charge < -0.3 is 40.1 Å². The first kappa shape index (κ1) is 16.5. The highest BCUT2D eigenvalue weighted by molar-refractivity contribution is 5.91. The second-order valence-corrected chi connectivity index (χ2v) is 4.80. The number of benzene rings is 1. The van der Waals surface area contributed by atoms with Crippen LogP contribution in [0.3, 0.4) is 0 Å². The van der Waals surface area contributed by atoms with Gasteiger partial charge in [-0.2, -0.15) is 0 Å². The van der Waals surface area contributed by atoms with Gasteiger partial charge in [0.25, 0.3) is 0 Å². The predicted octanol–water partition coefficient (Wildman–Crippen LogP) is -1.73. The molecule has 22 heavy (non-hydrogen) atoms. The Morgan fingerprint density at radius 1 is 1.18 bits per heavy atom. The first-order valence-electron chi connectivity index (χ1n) is 6.38. The number of hydrogen-bond acceptors (Lipinski definition) is 8. The van der Waals surface area contributed by atoms with E-state index in [0.29, 0.717) is 0 Å². The summed E-state index contributed by atoms with van der Waals surface area (Å²) < 4.78 is 10.4. The summed E-state index contributed by atoms with van der Waals surface area (Å²) >= 11 is 0. The standard InChI is InChI=1S/C13H16O9/c14-4-8-9(16)10(17)11(18)13(22-8)21-5-1-2-7(15)6(3-5)12(19)20/h1-3,8-11,13-18H,4H2,(H,19,20). The average molecular weight is 316 g/mol. The minimum absolute atomic E-state index is 0.0421. The fourth-order valence-corrected chi connectivity index (χ4v) is 2.06. The molecule has 1 aliphatic rings. The van der Waals surface area contributed by atoms with Crippen molar-refractivity contribution in [2.75, 3.05) is 6.61 Å². The first-order chi connectivity index (χ1) is 10.3. The van der Waals surface area contributed by atoms with Crippen LogP contribution in [-0.2, 0) is 4.74 Å². The SMILES string of the molecule is O=C(O)c1cc(OC2OC(CO)C(O)C(O)C2O)ccc1O. The molecule has 1 aliphatic heterocycles. The summed E-state index contributed by atoms with van der Waals surface area (Å²) in [6.45, 7) is -0.610. The quantitative estimate of drug-likeness (QED) is 0.380. The normalized spacial score (nSPS) is 31.7. The first-order valence-corrected chi connectivity index (χ1v) is 6.38. The van der Waals surface area contributed by atoms with Crippen LogP contribution in [0.25, 0.3) is 0 Å². The Kier molecular flexibility index (Phi) is 4.84. The van der Waals surface area contributed by atoms with Crippen LogP contribution >= 0.6 is 0 Å². The molecule has 6 N–H and O–H groups in total. The number of phenols is 1. The molecule has 0 aromatic heterocycles. The van der Waals surface area contributed by atoms with Gasteiger partial charge in [0.2, 0.25) is 6.29 Å². The second kappa shape index (κ2) is 6.46. The molecule has 0 amide bonds. The molecule has 0 saturated carbocycles. The van der Waals surface area contributed by atoms with Crippen LogP contribution in [0.2, 0.25) is 0 Å². The maximum atomic E-state index is 10.9. The largest absolute Gasteiger partial charge is 0.507 e. The van der Waals surface area contributed by atoms with E-state index in [0.717, 1.165) is 12.1 Å². The monoisotopic (exact) mass is 316 g/mol. The van der Waals surface area contributed by atoms with Crippen molar-refractivity contribution in [3.05, 3.63) is 23.8 Å². The average Bonchev–Trinajstić information content (AvgIpc) is 2.49. The van der Waals surface area contributed by atoms with Crippen molar-refractivity contribution in [2.45, 2.75) is 30.7 Å². The van der Waals surface area contributed by atoms with Gasteiger partial charge >= 0.3 is 5.97 Å². The molecule has 5 atom stereocenters. The molecular weight excluding hydrogens is 300 g/mol. The van der Waals surface area contributed by atoms with E-state index in [1.807, 2.05) is 0 Å². The number of aromatic hydroxyl groups is 1. The molecule has 9 nitrogen and oxygen atoms in total. The molecule has 1 aromatic rings. The lowest BCUT2D eigenvalue weighted by Gasteiger charge is -2.39. The van der Waals surface area contributed by atoms with E-state index in [2.05, 4.69) is 0 Å². The lowest BCUT2D eigenvalue weighted by molar-refractivity contribution is -0.277. The zero-order chi connectivity index (χ0) is 16.4. The highest BCUT2D eigenvalue weighted by Gasteiger charge is 2.44. The summed E-state index contributed by atoms with van der Waals surface area (Å²) in [5.41, 5.74) is -0.415. The fraction of sp³-hybridized carbons (Fsp3) is 0.462. The molecule has 0 aliphatic carbocycles. The Bertz CT molecular complexity index is 544. The van der Waals surface area contributed by atoms with Gasteiger partial charge in [-0.3, -0.25) is 0 Å². The summed E-state index contributed by atoms with van der Waals surface area (Å²) in [5.74, 6) is -1.88. The number of hydrogen-bond donors (Lipinski definition) is 6. The van der Waals surface area contributed by atoms with Crippen molar-refractivity contribution in [1.29, 1.82) is 0 Å². The maximum absolute atomic E-state index is 10.9. The molecule has 9 heteroatoms. The minimum Gasteiger partial charge on any atom is -0.507 e. The number of aliphatic hydroxyl groups excluding tert-OH is 4. The number of carboxylic acid groups (broad SMARTS) is 1. The van der Waals surface area contributed by atoms with E-state index in [9.17, 15) is 25.2 Å². The highest BCUT2D eigenvalue weighted by atomic mass is 16.7. The smallest absolute Gasteiger partial charge is 0.339 e. The van der Waals surface area contributed by atoms with Crippen molar-refractivity contribution < 1.29 is 44.9 Å². The third kappa shape index (κ3) is 3.13. The molecule has 1 saturated heterocycles. The third-order valence-corrected chi connectivity index (χ3v) is 3.30. The zero-order valence-electron chi connectivity index (χ0n) is 11.2. The van der Waals surface area contributed by atoms with Crippen molar-refractivity contribution in [3.8, 4) is 11.5 Å². The van der Waals surface area contributed by atoms with Crippen LogP contribution in [0, 0.1) is 0 Å². The molecule has 122 valence electrons. The molecule has 5 unspecified atom stereocenters. The number of ether oxygens (including phenoxy) is 2. The summed E-state index contributed by atoms with van der Waals surface area (Å²) in [7, 11) is 0. The molecule has 2 rings (SSSR count). The number of aliphatic hydroxyl groups is 4. The van der Waals surface area contributed by atoms with Crippen LogP contribution in [0.15, 0.2) is 18.2 Å². The van der Waals surface area contributed by atoms with E-state index in [4.69, 9.17) is 19.7 Å². The molecule has 0 bridgehead atoms. The Balaban J connectivity index is 2.19. The Labute approximate surface area is 124 Å². The van der Waals surface area contributed by atoms with Gasteiger partial charge in [-0.25, -0.2) is 4.79 Å². The van der Waals surface area contributed by atoms with Crippen LogP contribution in [-0.4, -0.2) is 73.9 Å². The predicted molar refractivity (Wildman–Crippen MR) is 69.5 cm³/mol. The summed E-state index contributed by atoms with van der Waals surface area (Å²) in [4.78, 5) is 10.9. The molecule has 1 heterocycles. The Morgan fingerprint density at radius 2 is 1.86 bits per heavy atom.